The second kappa shape index (κ2) is 18.9. The van der Waals surface area contributed by atoms with Crippen molar-refractivity contribution < 1.29 is 0 Å². The molecular formula is C27H47N2Se. The average Bonchev–Trinajstić information content (AvgIpc) is 3.16. The fourth-order valence-electron chi connectivity index (χ4n) is 4.28. The molecule has 0 fully saturated rings. The molecule has 2 aromatic rings. The zero-order valence-corrected chi connectivity index (χ0v) is 21.8. The Labute approximate surface area is 195 Å². The molecule has 1 aromatic heterocycles. The normalized spacial score (nSPS) is 10.9. The third-order valence-electron chi connectivity index (χ3n) is 6.01. The number of fused-ring (bicyclic) bond motifs is 1. The molecule has 1 heterocycles. The third kappa shape index (κ3) is 12.2. The Hall–Kier alpha value is -0.791. The van der Waals surface area contributed by atoms with E-state index in [1.54, 1.807) is 0 Å². The minimum atomic E-state index is 1.02. The van der Waals surface area contributed by atoms with Crippen LogP contribution in [-0.2, 0) is 6.42 Å². The molecule has 0 aliphatic heterocycles. The van der Waals surface area contributed by atoms with E-state index in [1.165, 1.54) is 126 Å². The number of unbranched alkanes of at least 4 members (excludes halogenated alkanes) is 15. The number of nitrogens with one attached hydrogen (secondary N) is 1. The van der Waals surface area contributed by atoms with Crippen molar-refractivity contribution in [2.24, 2.45) is 0 Å². The molecule has 0 aliphatic carbocycles. The molecule has 1 N–H and O–H groups in total. The summed E-state index contributed by atoms with van der Waals surface area (Å²) in [5.41, 5.74) is 3.78. The maximum atomic E-state index is 4.65. The minimum absolute atomic E-state index is 1.02. The van der Waals surface area contributed by atoms with Crippen LogP contribution in [0.3, 0.4) is 0 Å². The molecule has 0 bridgehead atoms. The first-order chi connectivity index (χ1) is 14.8. The number of para-hydroxylation sites is 1. The standard InChI is InChI=1S/C26H44N2.CH3Se/c1-3-4-5-6-7-8-9-10-11-12-13-14-15-16-17-18-20-24-21-19-22-25-26(24)28-23(2)27-25;1-2/h19,21-22H,3-18,20H2,1-2H3,(H,27,28);1H3. The fourth-order valence-corrected chi connectivity index (χ4v) is 4.28. The Kier molecular flexibility index (Phi) is 17.2. The first kappa shape index (κ1) is 27.2. The fraction of sp³-hybridized carbons (Fsp3) is 0.741. The van der Waals surface area contributed by atoms with Gasteiger partial charge in [-0.2, -0.15) is 0 Å². The van der Waals surface area contributed by atoms with E-state index in [9.17, 15) is 0 Å². The summed E-state index contributed by atoms with van der Waals surface area (Å²) in [5.74, 6) is 2.90. The second-order valence-electron chi connectivity index (χ2n) is 8.69. The molecule has 2 nitrogen and oxygen atoms in total. The Balaban J connectivity index is 0.00000218. The van der Waals surface area contributed by atoms with Crippen LogP contribution in [0.4, 0.5) is 0 Å². The molecule has 30 heavy (non-hydrogen) atoms. The molecule has 0 saturated carbocycles. The number of H-pyrrole nitrogens is 1. The molecule has 1 radical (unpaired) electrons. The molecule has 171 valence electrons. The van der Waals surface area contributed by atoms with E-state index in [2.05, 4.69) is 51.1 Å². The molecule has 1 aromatic carbocycles. The Morgan fingerprint density at radius 1 is 0.700 bits per heavy atom. The van der Waals surface area contributed by atoms with E-state index in [0.717, 1.165) is 5.82 Å². The number of benzene rings is 1. The van der Waals surface area contributed by atoms with Gasteiger partial charge >= 0.3 is 21.8 Å². The molecule has 0 aliphatic rings. The first-order valence-corrected chi connectivity index (χ1v) is 14.4. The van der Waals surface area contributed by atoms with Crippen molar-refractivity contribution in [2.45, 2.75) is 129 Å². The van der Waals surface area contributed by atoms with Gasteiger partial charge in [0, 0.05) is 0 Å². The molecule has 3 heteroatoms. The molecule has 0 unspecified atom stereocenters. The van der Waals surface area contributed by atoms with Crippen molar-refractivity contribution in [3.05, 3.63) is 29.6 Å². The Morgan fingerprint density at radius 3 is 1.67 bits per heavy atom. The van der Waals surface area contributed by atoms with Crippen LogP contribution in [0.25, 0.3) is 11.0 Å². The van der Waals surface area contributed by atoms with E-state index in [4.69, 9.17) is 0 Å². The van der Waals surface area contributed by atoms with Gasteiger partial charge in [0.15, 0.2) is 0 Å². The van der Waals surface area contributed by atoms with Crippen LogP contribution in [0, 0.1) is 6.92 Å². The SMILES string of the molecule is CCCCCCCCCCCCCCCCCCc1cccc2[nH]c(C)nc12.C[Se]. The van der Waals surface area contributed by atoms with Crippen LogP contribution >= 0.6 is 0 Å². The number of aryl methyl sites for hydroxylation is 2. The second-order valence-corrected chi connectivity index (χ2v) is 8.69. The van der Waals surface area contributed by atoms with Gasteiger partial charge in [-0.15, -0.1) is 0 Å². The monoisotopic (exact) mass is 479 g/mol. The molecule has 0 atom stereocenters. The van der Waals surface area contributed by atoms with E-state index in [1.807, 2.05) is 12.7 Å². The van der Waals surface area contributed by atoms with Gasteiger partial charge < -0.3 is 4.98 Å². The summed E-state index contributed by atoms with van der Waals surface area (Å²) in [6, 6.07) is 6.53. The van der Waals surface area contributed by atoms with Crippen LogP contribution in [-0.4, -0.2) is 26.0 Å². The van der Waals surface area contributed by atoms with Crippen molar-refractivity contribution in [1.82, 2.24) is 9.97 Å². The van der Waals surface area contributed by atoms with Crippen LogP contribution in [0.15, 0.2) is 18.2 Å². The number of imidazole rings is 1. The molecule has 2 rings (SSSR count). The number of hydrogen-bond donors (Lipinski definition) is 1. The van der Waals surface area contributed by atoms with Crippen molar-refractivity contribution in [1.29, 1.82) is 0 Å². The third-order valence-corrected chi connectivity index (χ3v) is 6.01. The maximum absolute atomic E-state index is 4.65. The van der Waals surface area contributed by atoms with Gasteiger partial charge in [0.1, 0.15) is 5.82 Å². The van der Waals surface area contributed by atoms with Gasteiger partial charge in [0.05, 0.1) is 11.0 Å². The van der Waals surface area contributed by atoms with Crippen LogP contribution in [0.2, 0.25) is 5.82 Å². The Bertz CT molecular complexity index is 635. The van der Waals surface area contributed by atoms with Crippen molar-refractivity contribution in [3.8, 4) is 0 Å². The average molecular weight is 479 g/mol. The number of nitrogens with zero attached hydrogens (tertiary/aromatic N) is 1. The van der Waals surface area contributed by atoms with Crippen LogP contribution in [0.5, 0.6) is 0 Å². The first-order valence-electron chi connectivity index (χ1n) is 12.7. The van der Waals surface area contributed by atoms with Gasteiger partial charge in [-0.05, 0) is 31.4 Å². The number of aromatic nitrogens is 2. The summed E-state index contributed by atoms with van der Waals surface area (Å²) in [4.78, 5) is 7.99. The van der Waals surface area contributed by atoms with Gasteiger partial charge in [0.25, 0.3) is 0 Å². The summed E-state index contributed by atoms with van der Waals surface area (Å²) in [7, 11) is 0. The van der Waals surface area contributed by atoms with Crippen molar-refractivity contribution in [2.75, 3.05) is 0 Å². The molecule has 0 amide bonds. The van der Waals surface area contributed by atoms with Gasteiger partial charge in [0.2, 0.25) is 0 Å². The van der Waals surface area contributed by atoms with Gasteiger partial charge in [-0.3, -0.25) is 0 Å². The zero-order chi connectivity index (χ0) is 21.9. The van der Waals surface area contributed by atoms with E-state index in [0.29, 0.717) is 0 Å². The Morgan fingerprint density at radius 2 is 1.17 bits per heavy atom. The summed E-state index contributed by atoms with van der Waals surface area (Å²) in [5, 5.41) is 0. The number of hydrogen-bond acceptors (Lipinski definition) is 1. The summed E-state index contributed by atoms with van der Waals surface area (Å²) >= 11 is 2.62. The number of aromatic amines is 1. The van der Waals surface area contributed by atoms with Crippen molar-refractivity contribution in [3.63, 3.8) is 0 Å². The van der Waals surface area contributed by atoms with E-state index in [-0.39, 0.29) is 0 Å². The zero-order valence-electron chi connectivity index (χ0n) is 20.1. The summed E-state index contributed by atoms with van der Waals surface area (Å²) < 4.78 is 0. The summed E-state index contributed by atoms with van der Waals surface area (Å²) in [6.45, 7) is 4.34. The van der Waals surface area contributed by atoms with E-state index < -0.39 is 0 Å². The number of rotatable bonds is 17. The van der Waals surface area contributed by atoms with Crippen molar-refractivity contribution >= 4 is 27.0 Å². The summed E-state index contributed by atoms with van der Waals surface area (Å²) in [6.07, 6.45) is 24.0. The van der Waals surface area contributed by atoms with Gasteiger partial charge in [-0.1, -0.05) is 115 Å². The quantitative estimate of drug-likeness (QED) is 0.178. The predicted molar refractivity (Wildman–Crippen MR) is 136 cm³/mol. The molecular weight excluding hydrogens is 431 g/mol. The van der Waals surface area contributed by atoms with E-state index >= 15 is 0 Å². The van der Waals surface area contributed by atoms with Gasteiger partial charge in [-0.25, -0.2) is 4.98 Å². The topological polar surface area (TPSA) is 28.7 Å². The van der Waals surface area contributed by atoms with Crippen LogP contribution < -0.4 is 0 Å². The molecule has 0 spiro atoms. The van der Waals surface area contributed by atoms with Crippen LogP contribution in [0.1, 0.15) is 121 Å². The molecule has 0 saturated heterocycles. The predicted octanol–water partition coefficient (Wildman–Crippen LogP) is 8.88.